The highest BCUT2D eigenvalue weighted by atomic mass is 19.3. The summed E-state index contributed by atoms with van der Waals surface area (Å²) in [6, 6.07) is 0. The van der Waals surface area contributed by atoms with Crippen molar-refractivity contribution >= 4 is 0 Å². The molecular formula is C6H10F2N4. The maximum atomic E-state index is 12.2. The molecule has 6 heteroatoms. The highest BCUT2D eigenvalue weighted by Gasteiger charge is 2.31. The van der Waals surface area contributed by atoms with Gasteiger partial charge in [0.25, 0.3) is 6.43 Å². The van der Waals surface area contributed by atoms with Crippen molar-refractivity contribution in [2.24, 2.45) is 5.73 Å². The lowest BCUT2D eigenvalue weighted by molar-refractivity contribution is 0.0629. The van der Waals surface area contributed by atoms with E-state index < -0.39 is 12.0 Å². The molecule has 1 unspecified atom stereocenters. The van der Waals surface area contributed by atoms with E-state index in [0.29, 0.717) is 5.82 Å². The molecule has 1 atom stereocenters. The van der Waals surface area contributed by atoms with E-state index in [-0.39, 0.29) is 6.42 Å². The van der Waals surface area contributed by atoms with Gasteiger partial charge in [-0.2, -0.15) is 5.10 Å². The topological polar surface area (TPSA) is 67.6 Å². The largest absolute Gasteiger partial charge is 0.320 e. The maximum absolute atomic E-state index is 12.2. The van der Waals surface area contributed by atoms with E-state index in [9.17, 15) is 8.78 Å². The summed E-state index contributed by atoms with van der Waals surface area (Å²) in [5, 5.41) is 6.00. The Morgan fingerprint density at radius 2 is 2.42 bits per heavy atom. The van der Waals surface area contributed by atoms with Crippen molar-refractivity contribution < 1.29 is 8.78 Å². The van der Waals surface area contributed by atoms with Crippen LogP contribution in [0.1, 0.15) is 12.7 Å². The van der Waals surface area contributed by atoms with Gasteiger partial charge < -0.3 is 5.73 Å². The molecule has 3 N–H and O–H groups in total. The van der Waals surface area contributed by atoms with Crippen LogP contribution in [-0.2, 0) is 6.42 Å². The summed E-state index contributed by atoms with van der Waals surface area (Å²) in [5.41, 5.74) is 3.77. The zero-order chi connectivity index (χ0) is 9.19. The van der Waals surface area contributed by atoms with Crippen molar-refractivity contribution in [2.75, 3.05) is 0 Å². The molecule has 0 bridgehead atoms. The van der Waals surface area contributed by atoms with Crippen molar-refractivity contribution in [1.82, 2.24) is 15.2 Å². The molecule has 0 saturated carbocycles. The van der Waals surface area contributed by atoms with Crippen LogP contribution < -0.4 is 5.73 Å². The second-order valence-corrected chi connectivity index (χ2v) is 2.92. The molecule has 0 spiro atoms. The van der Waals surface area contributed by atoms with E-state index in [1.54, 1.807) is 0 Å². The van der Waals surface area contributed by atoms with Gasteiger partial charge in [0, 0.05) is 6.42 Å². The summed E-state index contributed by atoms with van der Waals surface area (Å²) in [4.78, 5) is 3.70. The van der Waals surface area contributed by atoms with Gasteiger partial charge in [-0.3, -0.25) is 5.10 Å². The van der Waals surface area contributed by atoms with Crippen LogP contribution in [0.15, 0.2) is 6.33 Å². The monoisotopic (exact) mass is 176 g/mol. The minimum Gasteiger partial charge on any atom is -0.320 e. The molecule has 0 aliphatic carbocycles. The van der Waals surface area contributed by atoms with Gasteiger partial charge in [-0.25, -0.2) is 13.8 Å². The summed E-state index contributed by atoms with van der Waals surface area (Å²) < 4.78 is 24.4. The van der Waals surface area contributed by atoms with Gasteiger partial charge in [-0.1, -0.05) is 0 Å². The van der Waals surface area contributed by atoms with E-state index in [4.69, 9.17) is 5.73 Å². The number of rotatable bonds is 3. The van der Waals surface area contributed by atoms with Crippen LogP contribution in [0.3, 0.4) is 0 Å². The first-order valence-corrected chi connectivity index (χ1v) is 3.43. The third kappa shape index (κ3) is 1.97. The van der Waals surface area contributed by atoms with E-state index >= 15 is 0 Å². The molecule has 0 amide bonds. The van der Waals surface area contributed by atoms with Crippen LogP contribution in [0, 0.1) is 0 Å². The maximum Gasteiger partial charge on any atom is 0.256 e. The lowest BCUT2D eigenvalue weighted by Crippen LogP contribution is -2.46. The van der Waals surface area contributed by atoms with E-state index in [1.807, 2.05) is 0 Å². The molecule has 0 radical (unpaired) electrons. The summed E-state index contributed by atoms with van der Waals surface area (Å²) in [5.74, 6) is 0.375. The molecule has 68 valence electrons. The Morgan fingerprint density at radius 3 is 2.83 bits per heavy atom. The van der Waals surface area contributed by atoms with Crippen LogP contribution in [-0.4, -0.2) is 27.1 Å². The van der Waals surface area contributed by atoms with Gasteiger partial charge in [0.05, 0.1) is 5.54 Å². The Kier molecular flexibility index (Phi) is 2.37. The zero-order valence-corrected chi connectivity index (χ0v) is 6.59. The van der Waals surface area contributed by atoms with Crippen LogP contribution in [0.2, 0.25) is 0 Å². The number of alkyl halides is 2. The van der Waals surface area contributed by atoms with Gasteiger partial charge in [0.2, 0.25) is 0 Å². The zero-order valence-electron chi connectivity index (χ0n) is 6.59. The molecule has 0 saturated heterocycles. The minimum absolute atomic E-state index is 0.00926. The summed E-state index contributed by atoms with van der Waals surface area (Å²) in [7, 11) is 0. The number of nitrogens with zero attached hydrogens (tertiary/aromatic N) is 2. The fraction of sp³-hybridized carbons (Fsp3) is 0.667. The SMILES string of the molecule is CC(N)(Cc1ncn[nH]1)C(F)F. The van der Waals surface area contributed by atoms with Crippen LogP contribution in [0.4, 0.5) is 8.78 Å². The van der Waals surface area contributed by atoms with Gasteiger partial charge >= 0.3 is 0 Å². The lowest BCUT2D eigenvalue weighted by atomic mass is 10.00. The Labute approximate surface area is 68.2 Å². The van der Waals surface area contributed by atoms with Crippen LogP contribution >= 0.6 is 0 Å². The third-order valence-electron chi connectivity index (χ3n) is 1.51. The third-order valence-corrected chi connectivity index (χ3v) is 1.51. The lowest BCUT2D eigenvalue weighted by Gasteiger charge is -2.21. The standard InChI is InChI=1S/C6H10F2N4/c1-6(9,5(7)8)2-4-10-3-11-12-4/h3,5H,2,9H2,1H3,(H,10,11,12). The quantitative estimate of drug-likeness (QED) is 0.697. The summed E-state index contributed by atoms with van der Waals surface area (Å²) >= 11 is 0. The fourth-order valence-electron chi connectivity index (χ4n) is 0.754. The predicted octanol–water partition coefficient (Wildman–Crippen LogP) is 0.330. The normalized spacial score (nSPS) is 16.4. The van der Waals surface area contributed by atoms with Gasteiger partial charge in [0.1, 0.15) is 12.2 Å². The molecular weight excluding hydrogens is 166 g/mol. The first-order chi connectivity index (χ1) is 5.52. The Hall–Kier alpha value is -1.04. The van der Waals surface area contributed by atoms with Crippen molar-refractivity contribution in [3.63, 3.8) is 0 Å². The minimum atomic E-state index is -2.57. The number of H-pyrrole nitrogens is 1. The second kappa shape index (κ2) is 3.14. The highest BCUT2D eigenvalue weighted by Crippen LogP contribution is 2.15. The van der Waals surface area contributed by atoms with Crippen molar-refractivity contribution in [2.45, 2.75) is 25.3 Å². The Balaban J connectivity index is 2.62. The Bertz CT molecular complexity index is 232. The highest BCUT2D eigenvalue weighted by molar-refractivity contribution is 4.94. The van der Waals surface area contributed by atoms with Gasteiger partial charge in [-0.15, -0.1) is 0 Å². The predicted molar refractivity (Wildman–Crippen MR) is 38.7 cm³/mol. The molecule has 1 aromatic rings. The van der Waals surface area contributed by atoms with Crippen LogP contribution in [0.25, 0.3) is 0 Å². The smallest absolute Gasteiger partial charge is 0.256 e. The molecule has 0 fully saturated rings. The molecule has 12 heavy (non-hydrogen) atoms. The molecule has 0 aliphatic heterocycles. The van der Waals surface area contributed by atoms with E-state index in [0.717, 1.165) is 0 Å². The number of aromatic amines is 1. The average Bonchev–Trinajstić information content (AvgIpc) is 2.38. The van der Waals surface area contributed by atoms with Crippen LogP contribution in [0.5, 0.6) is 0 Å². The van der Waals surface area contributed by atoms with Gasteiger partial charge in [-0.05, 0) is 6.92 Å². The number of halogens is 2. The second-order valence-electron chi connectivity index (χ2n) is 2.92. The molecule has 1 aromatic heterocycles. The molecule has 4 nitrogen and oxygen atoms in total. The average molecular weight is 176 g/mol. The van der Waals surface area contributed by atoms with E-state index in [1.165, 1.54) is 13.3 Å². The summed E-state index contributed by atoms with van der Waals surface area (Å²) in [6.07, 6.45) is -1.32. The first kappa shape index (κ1) is 9.05. The molecule has 1 rings (SSSR count). The number of aromatic nitrogens is 3. The van der Waals surface area contributed by atoms with Crippen molar-refractivity contribution in [1.29, 1.82) is 0 Å². The van der Waals surface area contributed by atoms with Crippen molar-refractivity contribution in [3.05, 3.63) is 12.2 Å². The number of hydrogen-bond donors (Lipinski definition) is 2. The molecule has 0 aromatic carbocycles. The fourth-order valence-corrected chi connectivity index (χ4v) is 0.754. The van der Waals surface area contributed by atoms with Gasteiger partial charge in [0.15, 0.2) is 0 Å². The molecule has 0 aliphatic rings. The summed E-state index contributed by atoms with van der Waals surface area (Å²) in [6.45, 7) is 1.28. The first-order valence-electron chi connectivity index (χ1n) is 3.43. The molecule has 1 heterocycles. The van der Waals surface area contributed by atoms with E-state index in [2.05, 4.69) is 15.2 Å². The number of nitrogens with two attached hydrogens (primary N) is 1. The van der Waals surface area contributed by atoms with Crippen molar-refractivity contribution in [3.8, 4) is 0 Å². The number of hydrogen-bond acceptors (Lipinski definition) is 3. The Morgan fingerprint density at radius 1 is 1.75 bits per heavy atom. The number of nitrogens with one attached hydrogen (secondary N) is 1.